The van der Waals surface area contributed by atoms with E-state index in [1.54, 1.807) is 0 Å². The van der Waals surface area contributed by atoms with Gasteiger partial charge >= 0.3 is 0 Å². The minimum Gasteiger partial charge on any atom is -0.377 e. The van der Waals surface area contributed by atoms with Crippen molar-refractivity contribution in [3.05, 3.63) is 52.0 Å². The van der Waals surface area contributed by atoms with E-state index in [0.717, 1.165) is 24.1 Å². The Kier molecular flexibility index (Phi) is 3.23. The number of hydrogen-bond acceptors (Lipinski definition) is 1. The third-order valence-electron chi connectivity index (χ3n) is 3.48. The van der Waals surface area contributed by atoms with Crippen molar-refractivity contribution in [2.75, 3.05) is 13.2 Å². The lowest BCUT2D eigenvalue weighted by atomic mass is 9.94. The van der Waals surface area contributed by atoms with E-state index in [2.05, 4.69) is 59.3 Å². The van der Waals surface area contributed by atoms with Crippen LogP contribution < -0.4 is 0 Å². The second kappa shape index (κ2) is 4.87. The molecule has 0 aliphatic carbocycles. The number of halogens is 1. The zero-order valence-electron chi connectivity index (χ0n) is 10.4. The summed E-state index contributed by atoms with van der Waals surface area (Å²) in [6.07, 6.45) is 3.22. The molecule has 1 aliphatic heterocycles. The average Bonchev–Trinajstić information content (AvgIpc) is 2.40. The lowest BCUT2D eigenvalue weighted by molar-refractivity contribution is 0.161. The summed E-state index contributed by atoms with van der Waals surface area (Å²) in [5, 5.41) is 2.57. The van der Waals surface area contributed by atoms with E-state index in [0.29, 0.717) is 0 Å². The van der Waals surface area contributed by atoms with Crippen LogP contribution in [0.5, 0.6) is 0 Å². The number of aryl methyl sites for hydroxylation is 1. The van der Waals surface area contributed by atoms with Crippen LogP contribution in [0.15, 0.2) is 40.9 Å². The van der Waals surface area contributed by atoms with Gasteiger partial charge in [-0.1, -0.05) is 34.1 Å². The third kappa shape index (κ3) is 2.11. The summed E-state index contributed by atoms with van der Waals surface area (Å²) >= 11 is 3.62. The first kappa shape index (κ1) is 11.9. The summed E-state index contributed by atoms with van der Waals surface area (Å²) in [7, 11) is 0. The molecule has 1 aliphatic rings. The molecule has 0 aromatic heterocycles. The van der Waals surface area contributed by atoms with Crippen LogP contribution >= 0.6 is 15.9 Å². The van der Waals surface area contributed by atoms with E-state index in [1.807, 2.05) is 0 Å². The highest BCUT2D eigenvalue weighted by Crippen LogP contribution is 2.31. The van der Waals surface area contributed by atoms with Gasteiger partial charge in [0.25, 0.3) is 0 Å². The molecule has 2 aromatic rings. The summed E-state index contributed by atoms with van der Waals surface area (Å²) in [5.41, 5.74) is 4.12. The molecule has 3 rings (SSSR count). The van der Waals surface area contributed by atoms with Crippen molar-refractivity contribution in [3.8, 4) is 0 Å². The molecule has 0 atom stereocenters. The Morgan fingerprint density at radius 3 is 2.89 bits per heavy atom. The van der Waals surface area contributed by atoms with Gasteiger partial charge in [-0.05, 0) is 59.0 Å². The average molecular weight is 303 g/mol. The zero-order chi connectivity index (χ0) is 12.5. The van der Waals surface area contributed by atoms with Gasteiger partial charge in [0.2, 0.25) is 0 Å². The first-order valence-corrected chi connectivity index (χ1v) is 7.01. The maximum atomic E-state index is 5.38. The Morgan fingerprint density at radius 1 is 1.22 bits per heavy atom. The van der Waals surface area contributed by atoms with Crippen molar-refractivity contribution in [2.24, 2.45) is 0 Å². The minimum atomic E-state index is 0.741. The number of ether oxygens (including phenoxy) is 1. The number of rotatable bonds is 1. The van der Waals surface area contributed by atoms with E-state index >= 15 is 0 Å². The summed E-state index contributed by atoms with van der Waals surface area (Å²) in [4.78, 5) is 0. The summed E-state index contributed by atoms with van der Waals surface area (Å²) in [6.45, 7) is 3.76. The van der Waals surface area contributed by atoms with E-state index in [4.69, 9.17) is 4.74 Å². The smallest absolute Gasteiger partial charge is 0.0653 e. The van der Waals surface area contributed by atoms with Crippen LogP contribution in [0.1, 0.15) is 17.5 Å². The molecule has 0 saturated heterocycles. The van der Waals surface area contributed by atoms with Gasteiger partial charge in [0.1, 0.15) is 0 Å². The van der Waals surface area contributed by atoms with Crippen LogP contribution in [0.25, 0.3) is 16.3 Å². The van der Waals surface area contributed by atoms with Crippen molar-refractivity contribution >= 4 is 32.3 Å². The Labute approximate surface area is 116 Å². The molecule has 92 valence electrons. The van der Waals surface area contributed by atoms with Crippen molar-refractivity contribution in [3.63, 3.8) is 0 Å². The van der Waals surface area contributed by atoms with Gasteiger partial charge in [0.05, 0.1) is 13.2 Å². The SMILES string of the molecule is Cc1cc2c(Br)cccc2cc1C1=CCOCC1. The predicted octanol–water partition coefficient (Wildman–Crippen LogP) is 4.71. The van der Waals surface area contributed by atoms with Gasteiger partial charge in [0, 0.05) is 4.47 Å². The molecule has 0 saturated carbocycles. The number of benzene rings is 2. The van der Waals surface area contributed by atoms with Gasteiger partial charge in [0.15, 0.2) is 0 Å². The fourth-order valence-electron chi connectivity index (χ4n) is 2.51. The van der Waals surface area contributed by atoms with E-state index in [-0.39, 0.29) is 0 Å². The van der Waals surface area contributed by atoms with Crippen molar-refractivity contribution in [1.82, 2.24) is 0 Å². The summed E-state index contributed by atoms with van der Waals surface area (Å²) in [6, 6.07) is 10.9. The quantitative estimate of drug-likeness (QED) is 0.741. The molecule has 0 amide bonds. The lowest BCUT2D eigenvalue weighted by Gasteiger charge is -2.17. The van der Waals surface area contributed by atoms with Crippen LogP contribution in [-0.2, 0) is 4.74 Å². The van der Waals surface area contributed by atoms with Crippen molar-refractivity contribution in [1.29, 1.82) is 0 Å². The Balaban J connectivity index is 2.19. The molecule has 0 spiro atoms. The standard InChI is InChI=1S/C16H15BrO/c1-11-9-15-13(3-2-4-16(15)17)10-14(11)12-5-7-18-8-6-12/h2-5,9-10H,6-8H2,1H3. The van der Waals surface area contributed by atoms with Crippen molar-refractivity contribution in [2.45, 2.75) is 13.3 Å². The first-order valence-electron chi connectivity index (χ1n) is 6.22. The third-order valence-corrected chi connectivity index (χ3v) is 4.17. The highest BCUT2D eigenvalue weighted by Gasteiger charge is 2.10. The molecule has 0 bridgehead atoms. The normalized spacial score (nSPS) is 15.8. The summed E-state index contributed by atoms with van der Waals surface area (Å²) in [5.74, 6) is 0. The maximum absolute atomic E-state index is 5.38. The molecule has 1 nitrogen and oxygen atoms in total. The molecule has 2 heteroatoms. The maximum Gasteiger partial charge on any atom is 0.0653 e. The summed E-state index contributed by atoms with van der Waals surface area (Å²) < 4.78 is 6.55. The Hall–Kier alpha value is -1.12. The molecule has 18 heavy (non-hydrogen) atoms. The first-order chi connectivity index (χ1) is 8.75. The molecular weight excluding hydrogens is 288 g/mol. The molecular formula is C16H15BrO. The van der Waals surface area contributed by atoms with Crippen LogP contribution in [0.4, 0.5) is 0 Å². The molecule has 0 radical (unpaired) electrons. The predicted molar refractivity (Wildman–Crippen MR) is 79.8 cm³/mol. The van der Waals surface area contributed by atoms with Crippen LogP contribution in [-0.4, -0.2) is 13.2 Å². The van der Waals surface area contributed by atoms with Crippen LogP contribution in [0.2, 0.25) is 0 Å². The Morgan fingerprint density at radius 2 is 2.11 bits per heavy atom. The number of hydrogen-bond donors (Lipinski definition) is 0. The monoisotopic (exact) mass is 302 g/mol. The second-order valence-electron chi connectivity index (χ2n) is 4.68. The highest BCUT2D eigenvalue weighted by atomic mass is 79.9. The molecule has 0 fully saturated rings. The molecule has 1 heterocycles. The van der Waals surface area contributed by atoms with Gasteiger partial charge in [-0.25, -0.2) is 0 Å². The van der Waals surface area contributed by atoms with Crippen LogP contribution in [0.3, 0.4) is 0 Å². The van der Waals surface area contributed by atoms with Gasteiger partial charge < -0.3 is 4.74 Å². The Bertz CT molecular complexity index is 628. The highest BCUT2D eigenvalue weighted by molar-refractivity contribution is 9.10. The molecule has 0 N–H and O–H groups in total. The van der Waals surface area contributed by atoms with Gasteiger partial charge in [-0.3, -0.25) is 0 Å². The second-order valence-corrected chi connectivity index (χ2v) is 5.54. The zero-order valence-corrected chi connectivity index (χ0v) is 12.0. The molecule has 2 aromatic carbocycles. The lowest BCUT2D eigenvalue weighted by Crippen LogP contribution is -2.04. The fraction of sp³-hybridized carbons (Fsp3) is 0.250. The minimum absolute atomic E-state index is 0.741. The van der Waals surface area contributed by atoms with E-state index in [1.165, 1.54) is 27.5 Å². The van der Waals surface area contributed by atoms with Gasteiger partial charge in [-0.2, -0.15) is 0 Å². The molecule has 0 unspecified atom stereocenters. The van der Waals surface area contributed by atoms with E-state index in [9.17, 15) is 0 Å². The largest absolute Gasteiger partial charge is 0.377 e. The van der Waals surface area contributed by atoms with Crippen molar-refractivity contribution < 1.29 is 4.74 Å². The fourth-order valence-corrected chi connectivity index (χ4v) is 3.01. The topological polar surface area (TPSA) is 9.23 Å². The number of fused-ring (bicyclic) bond motifs is 1. The van der Waals surface area contributed by atoms with Crippen LogP contribution in [0, 0.1) is 6.92 Å². The van der Waals surface area contributed by atoms with Gasteiger partial charge in [-0.15, -0.1) is 0 Å². The van der Waals surface area contributed by atoms with E-state index < -0.39 is 0 Å².